The standard InChI is InChI=1S/C23H26BrN7O3/c1-30-11-17(18(28-30)19(32)25-10-16-3-2-4-34-16)27-20(33)22-6-14-5-15(7-22)9-23(8-14,12-22)31-13-26-21(24)29-31/h2-4,11,13-15H,5-10,12H2,1H3,(H,25,32)(H,27,33). The van der Waals surface area contributed by atoms with Crippen LogP contribution in [0.5, 0.6) is 0 Å². The van der Waals surface area contributed by atoms with Crippen LogP contribution in [0, 0.1) is 17.3 Å². The lowest BCUT2D eigenvalue weighted by molar-refractivity contribution is -0.150. The predicted molar refractivity (Wildman–Crippen MR) is 125 cm³/mol. The van der Waals surface area contributed by atoms with Crippen LogP contribution in [0.15, 0.2) is 40.1 Å². The van der Waals surface area contributed by atoms with E-state index in [0.29, 0.717) is 28.0 Å². The van der Waals surface area contributed by atoms with Crippen LogP contribution < -0.4 is 10.6 Å². The fourth-order valence-corrected chi connectivity index (χ4v) is 7.15. The van der Waals surface area contributed by atoms with Crippen LogP contribution in [0.4, 0.5) is 5.69 Å². The number of furan rings is 1. The van der Waals surface area contributed by atoms with E-state index in [-0.39, 0.29) is 29.6 Å². The van der Waals surface area contributed by atoms with Gasteiger partial charge >= 0.3 is 0 Å². The molecule has 3 aromatic rings. The summed E-state index contributed by atoms with van der Waals surface area (Å²) in [5.41, 5.74) is -0.0430. The first-order valence-electron chi connectivity index (χ1n) is 11.6. The van der Waals surface area contributed by atoms with Crippen molar-refractivity contribution < 1.29 is 14.0 Å². The van der Waals surface area contributed by atoms with E-state index >= 15 is 0 Å². The number of rotatable bonds is 6. The predicted octanol–water partition coefficient (Wildman–Crippen LogP) is 3.23. The zero-order valence-electron chi connectivity index (χ0n) is 18.8. The Hall–Kier alpha value is -2.95. The van der Waals surface area contributed by atoms with Gasteiger partial charge in [-0.1, -0.05) is 0 Å². The number of hydrogen-bond acceptors (Lipinski definition) is 6. The molecule has 4 aliphatic carbocycles. The van der Waals surface area contributed by atoms with E-state index < -0.39 is 5.41 Å². The van der Waals surface area contributed by atoms with E-state index in [1.165, 1.54) is 6.42 Å². The molecule has 34 heavy (non-hydrogen) atoms. The second kappa shape index (κ2) is 7.79. The number of halogens is 1. The van der Waals surface area contributed by atoms with E-state index in [1.807, 2.05) is 4.68 Å². The van der Waals surface area contributed by atoms with Crippen LogP contribution in [0.25, 0.3) is 0 Å². The number of anilines is 1. The third kappa shape index (κ3) is 3.57. The molecule has 0 radical (unpaired) electrons. The summed E-state index contributed by atoms with van der Waals surface area (Å²) in [7, 11) is 1.74. The van der Waals surface area contributed by atoms with Crippen molar-refractivity contribution in [3.63, 3.8) is 0 Å². The van der Waals surface area contributed by atoms with Crippen molar-refractivity contribution in [3.8, 4) is 0 Å². The fraction of sp³-hybridized carbons (Fsp3) is 0.522. The lowest BCUT2D eigenvalue weighted by Gasteiger charge is -2.60. The molecule has 3 aromatic heterocycles. The van der Waals surface area contributed by atoms with Gasteiger partial charge in [-0.2, -0.15) is 5.10 Å². The SMILES string of the molecule is Cn1cc(NC(=O)C23CC4CC(C2)CC(n2cnc(Br)n2)(C4)C3)c(C(=O)NCc2ccco2)n1. The molecule has 2 N–H and O–H groups in total. The zero-order valence-corrected chi connectivity index (χ0v) is 20.4. The van der Waals surface area contributed by atoms with Gasteiger partial charge in [0.25, 0.3) is 5.91 Å². The smallest absolute Gasteiger partial charge is 0.274 e. The minimum atomic E-state index is -0.486. The molecule has 11 heteroatoms. The van der Waals surface area contributed by atoms with Crippen LogP contribution in [0.2, 0.25) is 0 Å². The third-order valence-electron chi connectivity index (χ3n) is 7.76. The highest BCUT2D eigenvalue weighted by molar-refractivity contribution is 9.10. The number of hydrogen-bond donors (Lipinski definition) is 2. The van der Waals surface area contributed by atoms with Gasteiger partial charge < -0.3 is 15.1 Å². The number of amides is 2. The average Bonchev–Trinajstić information content (AvgIpc) is 3.53. The molecule has 2 amide bonds. The number of aromatic nitrogens is 5. The van der Waals surface area contributed by atoms with Crippen LogP contribution in [0.3, 0.4) is 0 Å². The molecule has 0 aliphatic heterocycles. The molecule has 7 rings (SSSR count). The molecule has 3 heterocycles. The number of carbonyl (C=O) groups is 2. The summed E-state index contributed by atoms with van der Waals surface area (Å²) >= 11 is 3.37. The van der Waals surface area contributed by atoms with Gasteiger partial charge in [0.2, 0.25) is 10.6 Å². The molecule has 178 valence electrons. The molecule has 4 bridgehead atoms. The van der Waals surface area contributed by atoms with Crippen molar-refractivity contribution in [2.45, 2.75) is 50.6 Å². The largest absolute Gasteiger partial charge is 0.467 e. The Morgan fingerprint density at radius 1 is 1.24 bits per heavy atom. The van der Waals surface area contributed by atoms with Crippen LogP contribution >= 0.6 is 15.9 Å². The molecule has 2 unspecified atom stereocenters. The Kier molecular flexibility index (Phi) is 4.94. The summed E-state index contributed by atoms with van der Waals surface area (Å²) in [5, 5.41) is 14.8. The van der Waals surface area contributed by atoms with Crippen molar-refractivity contribution in [3.05, 3.63) is 47.1 Å². The summed E-state index contributed by atoms with van der Waals surface area (Å²) in [6.45, 7) is 0.249. The Balaban J connectivity index is 1.24. The van der Waals surface area contributed by atoms with Crippen molar-refractivity contribution >= 4 is 33.4 Å². The maximum atomic E-state index is 13.8. The lowest BCUT2D eigenvalue weighted by Crippen LogP contribution is -2.60. The van der Waals surface area contributed by atoms with E-state index in [1.54, 1.807) is 42.6 Å². The summed E-state index contributed by atoms with van der Waals surface area (Å²) in [6.07, 6.45) is 10.7. The first-order chi connectivity index (χ1) is 16.3. The number of nitrogens with one attached hydrogen (secondary N) is 2. The van der Waals surface area contributed by atoms with E-state index in [9.17, 15) is 9.59 Å². The highest BCUT2D eigenvalue weighted by Crippen LogP contribution is 2.64. The van der Waals surface area contributed by atoms with Crippen molar-refractivity contribution in [1.82, 2.24) is 29.9 Å². The van der Waals surface area contributed by atoms with Crippen molar-refractivity contribution in [2.75, 3.05) is 5.32 Å². The molecule has 0 spiro atoms. The summed E-state index contributed by atoms with van der Waals surface area (Å²) in [5.74, 6) is 1.23. The average molecular weight is 528 g/mol. The van der Waals surface area contributed by atoms with E-state index in [4.69, 9.17) is 4.42 Å². The first kappa shape index (κ1) is 21.6. The van der Waals surface area contributed by atoms with Crippen molar-refractivity contribution in [2.24, 2.45) is 24.3 Å². The number of carbonyl (C=O) groups excluding carboxylic acids is 2. The topological polar surface area (TPSA) is 120 Å². The van der Waals surface area contributed by atoms with Crippen LogP contribution in [0.1, 0.15) is 54.8 Å². The quantitative estimate of drug-likeness (QED) is 0.507. The highest BCUT2D eigenvalue weighted by atomic mass is 79.9. The molecule has 2 atom stereocenters. The molecule has 10 nitrogen and oxygen atoms in total. The minimum Gasteiger partial charge on any atom is -0.467 e. The fourth-order valence-electron chi connectivity index (χ4n) is 6.89. The maximum Gasteiger partial charge on any atom is 0.274 e. The van der Waals surface area contributed by atoms with Crippen LogP contribution in [-0.2, 0) is 23.9 Å². The van der Waals surface area contributed by atoms with Gasteiger partial charge in [-0.15, -0.1) is 5.10 Å². The third-order valence-corrected chi connectivity index (χ3v) is 8.12. The van der Waals surface area contributed by atoms with E-state index in [2.05, 4.69) is 41.7 Å². The van der Waals surface area contributed by atoms with Gasteiger partial charge in [0.1, 0.15) is 12.1 Å². The molecule has 4 aliphatic rings. The van der Waals surface area contributed by atoms with Gasteiger partial charge in [0.15, 0.2) is 5.69 Å². The van der Waals surface area contributed by atoms with Gasteiger partial charge in [0, 0.05) is 13.2 Å². The molecule has 4 saturated carbocycles. The maximum absolute atomic E-state index is 13.8. The molecule has 4 fully saturated rings. The Morgan fingerprint density at radius 2 is 2.03 bits per heavy atom. The molecular weight excluding hydrogens is 502 g/mol. The minimum absolute atomic E-state index is 0.0294. The van der Waals surface area contributed by atoms with Gasteiger partial charge in [0.05, 0.1) is 29.4 Å². The monoisotopic (exact) mass is 527 g/mol. The zero-order chi connectivity index (χ0) is 23.5. The number of aryl methyl sites for hydroxylation is 1. The number of nitrogens with zero attached hydrogens (tertiary/aromatic N) is 5. The Morgan fingerprint density at radius 3 is 2.71 bits per heavy atom. The summed E-state index contributed by atoms with van der Waals surface area (Å²) < 4.78 is 9.38. The normalized spacial score (nSPS) is 29.4. The Labute approximate surface area is 204 Å². The van der Waals surface area contributed by atoms with Crippen molar-refractivity contribution in [1.29, 1.82) is 0 Å². The lowest BCUT2D eigenvalue weighted by atomic mass is 9.46. The molecule has 0 aromatic carbocycles. The van der Waals surface area contributed by atoms with Gasteiger partial charge in [-0.05, 0) is 78.4 Å². The van der Waals surface area contributed by atoms with E-state index in [0.717, 1.165) is 32.1 Å². The second-order valence-corrected chi connectivity index (χ2v) is 10.9. The summed E-state index contributed by atoms with van der Waals surface area (Å²) in [6, 6.07) is 3.56. The van der Waals surface area contributed by atoms with Gasteiger partial charge in [-0.25, -0.2) is 9.67 Å². The molecule has 0 saturated heterocycles. The Bertz CT molecular complexity index is 1230. The second-order valence-electron chi connectivity index (χ2n) is 10.2. The summed E-state index contributed by atoms with van der Waals surface area (Å²) in [4.78, 5) is 30.9. The first-order valence-corrected chi connectivity index (χ1v) is 12.4. The van der Waals surface area contributed by atoms with Crippen LogP contribution in [-0.4, -0.2) is 36.4 Å². The van der Waals surface area contributed by atoms with Gasteiger partial charge in [-0.3, -0.25) is 14.3 Å². The highest BCUT2D eigenvalue weighted by Gasteiger charge is 2.61. The molecular formula is C23H26BrN7O3.